The van der Waals surface area contributed by atoms with Gasteiger partial charge >= 0.3 is 0 Å². The predicted molar refractivity (Wildman–Crippen MR) is 90.2 cm³/mol. The summed E-state index contributed by atoms with van der Waals surface area (Å²) in [6, 6.07) is 5.56. The van der Waals surface area contributed by atoms with E-state index in [1.807, 2.05) is 13.8 Å². The van der Waals surface area contributed by atoms with Gasteiger partial charge in [-0.15, -0.1) is 11.3 Å². The zero-order valence-corrected chi connectivity index (χ0v) is 14.5. The zero-order chi connectivity index (χ0) is 17.4. The fourth-order valence-corrected chi connectivity index (χ4v) is 3.79. The van der Waals surface area contributed by atoms with E-state index in [2.05, 4.69) is 10.3 Å². The lowest BCUT2D eigenvalue weighted by Crippen LogP contribution is -2.30. The first-order valence-corrected chi connectivity index (χ1v) is 8.44. The summed E-state index contributed by atoms with van der Waals surface area (Å²) >= 11 is 1.40. The molecular formula is C17H18FN3O2S. The number of anilines is 1. The zero-order valence-electron chi connectivity index (χ0n) is 13.7. The van der Waals surface area contributed by atoms with Crippen molar-refractivity contribution < 1.29 is 14.0 Å². The number of benzene rings is 1. The van der Waals surface area contributed by atoms with Gasteiger partial charge in [0, 0.05) is 18.3 Å². The highest BCUT2D eigenvalue weighted by Crippen LogP contribution is 2.38. The highest BCUT2D eigenvalue weighted by Gasteiger charge is 2.43. The third-order valence-electron chi connectivity index (χ3n) is 4.37. The highest BCUT2D eigenvalue weighted by molar-refractivity contribution is 7.15. The average molecular weight is 347 g/mol. The van der Waals surface area contributed by atoms with Crippen molar-refractivity contribution in [2.45, 2.75) is 26.3 Å². The molecule has 2 aromatic rings. The maximum absolute atomic E-state index is 13.6. The van der Waals surface area contributed by atoms with Gasteiger partial charge in [0.15, 0.2) is 5.13 Å². The Kier molecular flexibility index (Phi) is 4.36. The average Bonchev–Trinajstić information content (AvgIpc) is 2.99. The molecule has 1 saturated heterocycles. The number of thiazole rings is 1. The van der Waals surface area contributed by atoms with E-state index in [4.69, 9.17) is 0 Å². The monoisotopic (exact) mass is 347 g/mol. The smallest absolute Gasteiger partial charge is 0.232 e. The van der Waals surface area contributed by atoms with Crippen LogP contribution in [-0.4, -0.2) is 28.7 Å². The van der Waals surface area contributed by atoms with Crippen molar-refractivity contribution in [2.24, 2.45) is 5.92 Å². The second-order valence-electron chi connectivity index (χ2n) is 5.96. The standard InChI is InChI=1S/C17H18FN3O2S/c1-9-10(2)24-17(19-9)20-16(23)13-8-14(22)21(3)15(13)11-5-4-6-12(18)7-11/h4-7,13,15H,8H2,1-3H3,(H,19,20,23)/t13-,15-/m0/s1. The summed E-state index contributed by atoms with van der Waals surface area (Å²) in [5, 5.41) is 3.32. The molecule has 126 valence electrons. The summed E-state index contributed by atoms with van der Waals surface area (Å²) in [5.41, 5.74) is 1.49. The van der Waals surface area contributed by atoms with Crippen LogP contribution in [0.1, 0.15) is 28.6 Å². The SMILES string of the molecule is Cc1nc(NC(=O)[C@H]2CC(=O)N(C)[C@H]2c2cccc(F)c2)sc1C. The van der Waals surface area contributed by atoms with Crippen LogP contribution in [0.25, 0.3) is 0 Å². The summed E-state index contributed by atoms with van der Waals surface area (Å²) in [6.45, 7) is 3.81. The van der Waals surface area contributed by atoms with Gasteiger partial charge in [0.1, 0.15) is 5.82 Å². The number of aryl methyl sites for hydroxylation is 2. The lowest BCUT2D eigenvalue weighted by molar-refractivity contribution is -0.128. The van der Waals surface area contributed by atoms with Crippen LogP contribution in [0.4, 0.5) is 9.52 Å². The van der Waals surface area contributed by atoms with Gasteiger partial charge in [0.05, 0.1) is 17.7 Å². The van der Waals surface area contributed by atoms with Gasteiger partial charge in [0.2, 0.25) is 11.8 Å². The first-order chi connectivity index (χ1) is 11.4. The van der Waals surface area contributed by atoms with Crippen LogP contribution in [0.3, 0.4) is 0 Å². The summed E-state index contributed by atoms with van der Waals surface area (Å²) in [7, 11) is 1.64. The largest absolute Gasteiger partial charge is 0.338 e. The minimum atomic E-state index is -0.575. The number of amides is 2. The number of hydrogen-bond donors (Lipinski definition) is 1. The number of likely N-dealkylation sites (tertiary alicyclic amines) is 1. The topological polar surface area (TPSA) is 62.3 Å². The molecule has 1 aliphatic rings. The fourth-order valence-electron chi connectivity index (χ4n) is 2.98. The first kappa shape index (κ1) is 16.6. The van der Waals surface area contributed by atoms with Crippen LogP contribution in [0.15, 0.2) is 24.3 Å². The number of aromatic nitrogens is 1. The minimum Gasteiger partial charge on any atom is -0.338 e. The Morgan fingerprint density at radius 1 is 1.42 bits per heavy atom. The van der Waals surface area contributed by atoms with Crippen molar-refractivity contribution in [3.8, 4) is 0 Å². The van der Waals surface area contributed by atoms with E-state index >= 15 is 0 Å². The van der Waals surface area contributed by atoms with Crippen LogP contribution < -0.4 is 5.32 Å². The summed E-state index contributed by atoms with van der Waals surface area (Å²) in [6.07, 6.45) is 0.104. The maximum Gasteiger partial charge on any atom is 0.232 e. The minimum absolute atomic E-state index is 0.104. The number of nitrogens with zero attached hydrogens (tertiary/aromatic N) is 2. The molecule has 2 amide bonds. The highest BCUT2D eigenvalue weighted by atomic mass is 32.1. The Balaban J connectivity index is 1.86. The molecule has 0 radical (unpaired) electrons. The van der Waals surface area contributed by atoms with Crippen LogP contribution in [0, 0.1) is 25.6 Å². The Morgan fingerprint density at radius 3 is 2.79 bits per heavy atom. The lowest BCUT2D eigenvalue weighted by atomic mass is 9.93. The molecule has 1 fully saturated rings. The number of carbonyl (C=O) groups is 2. The number of nitrogens with one attached hydrogen (secondary N) is 1. The lowest BCUT2D eigenvalue weighted by Gasteiger charge is -2.24. The fraction of sp³-hybridized carbons (Fsp3) is 0.353. The van der Waals surface area contributed by atoms with Crippen molar-refractivity contribution in [2.75, 3.05) is 12.4 Å². The van der Waals surface area contributed by atoms with Crippen LogP contribution in [0.2, 0.25) is 0 Å². The Labute approximate surface area is 143 Å². The van der Waals surface area contributed by atoms with E-state index in [0.717, 1.165) is 10.6 Å². The van der Waals surface area contributed by atoms with Gasteiger partial charge in [-0.25, -0.2) is 9.37 Å². The molecule has 1 aromatic heterocycles. The van der Waals surface area contributed by atoms with Crippen molar-refractivity contribution in [3.63, 3.8) is 0 Å². The number of carbonyl (C=O) groups excluding carboxylic acids is 2. The summed E-state index contributed by atoms with van der Waals surface area (Å²) in [5.74, 6) is -1.36. The van der Waals surface area contributed by atoms with Crippen molar-refractivity contribution in [1.82, 2.24) is 9.88 Å². The molecule has 0 unspecified atom stereocenters. The third kappa shape index (κ3) is 3.03. The normalized spacial score (nSPS) is 20.5. The molecule has 0 spiro atoms. The van der Waals surface area contributed by atoms with Gasteiger partial charge in [-0.05, 0) is 31.5 Å². The second kappa shape index (κ2) is 6.32. The molecule has 7 heteroatoms. The van der Waals surface area contributed by atoms with Crippen molar-refractivity contribution in [1.29, 1.82) is 0 Å². The molecule has 1 N–H and O–H groups in total. The van der Waals surface area contributed by atoms with E-state index in [1.165, 1.54) is 28.4 Å². The van der Waals surface area contributed by atoms with Gasteiger partial charge in [-0.3, -0.25) is 9.59 Å². The Morgan fingerprint density at radius 2 is 2.17 bits per heavy atom. The van der Waals surface area contributed by atoms with E-state index in [-0.39, 0.29) is 24.1 Å². The Bertz CT molecular complexity index is 785. The van der Waals surface area contributed by atoms with Crippen molar-refractivity contribution >= 4 is 28.3 Å². The first-order valence-electron chi connectivity index (χ1n) is 7.63. The van der Waals surface area contributed by atoms with Gasteiger partial charge in [0.25, 0.3) is 0 Å². The molecule has 24 heavy (non-hydrogen) atoms. The number of hydrogen-bond acceptors (Lipinski definition) is 4. The van der Waals surface area contributed by atoms with Gasteiger partial charge in [-0.2, -0.15) is 0 Å². The summed E-state index contributed by atoms with van der Waals surface area (Å²) < 4.78 is 13.6. The van der Waals surface area contributed by atoms with E-state index in [9.17, 15) is 14.0 Å². The molecule has 0 bridgehead atoms. The van der Waals surface area contributed by atoms with E-state index in [1.54, 1.807) is 19.2 Å². The van der Waals surface area contributed by atoms with Crippen LogP contribution in [-0.2, 0) is 9.59 Å². The van der Waals surface area contributed by atoms with Crippen LogP contribution in [0.5, 0.6) is 0 Å². The number of rotatable bonds is 3. The van der Waals surface area contributed by atoms with E-state index < -0.39 is 12.0 Å². The molecule has 2 heterocycles. The molecule has 0 aliphatic carbocycles. The molecule has 1 aliphatic heterocycles. The molecular weight excluding hydrogens is 329 g/mol. The summed E-state index contributed by atoms with van der Waals surface area (Å²) in [4.78, 5) is 31.6. The van der Waals surface area contributed by atoms with E-state index in [0.29, 0.717) is 10.7 Å². The van der Waals surface area contributed by atoms with Crippen molar-refractivity contribution in [3.05, 3.63) is 46.2 Å². The maximum atomic E-state index is 13.6. The molecule has 3 rings (SSSR count). The number of halogens is 1. The molecule has 0 saturated carbocycles. The Hall–Kier alpha value is -2.28. The predicted octanol–water partition coefficient (Wildman–Crippen LogP) is 3.06. The van der Waals surface area contributed by atoms with Crippen LogP contribution >= 0.6 is 11.3 Å². The van der Waals surface area contributed by atoms with Gasteiger partial charge < -0.3 is 10.2 Å². The molecule has 5 nitrogen and oxygen atoms in total. The quantitative estimate of drug-likeness (QED) is 0.928. The third-order valence-corrected chi connectivity index (χ3v) is 5.36. The van der Waals surface area contributed by atoms with Gasteiger partial charge in [-0.1, -0.05) is 12.1 Å². The molecule has 1 aromatic carbocycles. The molecule has 2 atom stereocenters. The second-order valence-corrected chi connectivity index (χ2v) is 7.17.